The van der Waals surface area contributed by atoms with Crippen molar-refractivity contribution in [1.29, 1.82) is 0 Å². The third kappa shape index (κ3) is 1.80. The average molecular weight is 168 g/mol. The summed E-state index contributed by atoms with van der Waals surface area (Å²) >= 11 is 0. The van der Waals surface area contributed by atoms with Gasteiger partial charge >= 0.3 is 0 Å². The van der Waals surface area contributed by atoms with Crippen LogP contribution < -0.4 is 5.38 Å². The molecule has 0 aromatic carbocycles. The molecule has 0 atom stereocenters. The van der Waals surface area contributed by atoms with Crippen molar-refractivity contribution in [3.8, 4) is 0 Å². The Labute approximate surface area is 67.2 Å². The second kappa shape index (κ2) is 2.66. The quantitative estimate of drug-likeness (QED) is 0.496. The van der Waals surface area contributed by atoms with Gasteiger partial charge in [0.25, 0.3) is 0 Å². The van der Waals surface area contributed by atoms with Gasteiger partial charge in [-0.05, 0) is 12.1 Å². The topological polar surface area (TPSA) is 30.2 Å². The van der Waals surface area contributed by atoms with Crippen molar-refractivity contribution in [3.63, 3.8) is 0 Å². The largest absolute Gasteiger partial charge is 0.463 e. The Morgan fingerprint density at radius 3 is 2.27 bits per heavy atom. The van der Waals surface area contributed by atoms with Crippen LogP contribution in [0, 0.1) is 0 Å². The number of hydrogen-bond donors (Lipinski definition) is 0. The molecule has 1 aromatic heterocycles. The van der Waals surface area contributed by atoms with Gasteiger partial charge in [-0.3, -0.25) is 4.79 Å². The van der Waals surface area contributed by atoms with E-state index >= 15 is 0 Å². The van der Waals surface area contributed by atoms with Crippen LogP contribution in [0.25, 0.3) is 0 Å². The number of furan rings is 1. The number of aldehydes is 1. The second-order valence-corrected chi connectivity index (χ2v) is 8.56. The summed E-state index contributed by atoms with van der Waals surface area (Å²) < 4.78 is 5.29. The van der Waals surface area contributed by atoms with Crippen LogP contribution in [0.3, 0.4) is 0 Å². The molecule has 0 saturated heterocycles. The molecule has 0 unspecified atom stereocenters. The minimum absolute atomic E-state index is 0.433. The van der Waals surface area contributed by atoms with Crippen molar-refractivity contribution in [2.75, 3.05) is 0 Å². The second-order valence-electron chi connectivity index (χ2n) is 3.57. The molecule has 0 N–H and O–H groups in total. The molecule has 1 rings (SSSR count). The zero-order valence-electron chi connectivity index (χ0n) is 7.05. The smallest absolute Gasteiger partial charge is 0.185 e. The molecule has 2 nitrogen and oxygen atoms in total. The Hall–Kier alpha value is -0.833. The van der Waals surface area contributed by atoms with Gasteiger partial charge in [-0.2, -0.15) is 0 Å². The molecule has 0 fully saturated rings. The van der Waals surface area contributed by atoms with Crippen molar-refractivity contribution < 1.29 is 9.21 Å². The van der Waals surface area contributed by atoms with Crippen LogP contribution in [-0.2, 0) is 0 Å². The highest BCUT2D eigenvalue weighted by atomic mass is 28.3. The Morgan fingerprint density at radius 2 is 2.00 bits per heavy atom. The molecule has 0 bridgehead atoms. The minimum Gasteiger partial charge on any atom is -0.463 e. The molecule has 0 spiro atoms. The highest BCUT2D eigenvalue weighted by Crippen LogP contribution is 2.04. The first-order chi connectivity index (χ1) is 5.04. The van der Waals surface area contributed by atoms with E-state index in [0.29, 0.717) is 5.76 Å². The van der Waals surface area contributed by atoms with E-state index in [1.807, 2.05) is 6.07 Å². The zero-order chi connectivity index (χ0) is 8.48. The van der Waals surface area contributed by atoms with Gasteiger partial charge in [-0.1, -0.05) is 19.6 Å². The van der Waals surface area contributed by atoms with Crippen LogP contribution in [0.4, 0.5) is 0 Å². The number of carbonyl (C=O) groups excluding carboxylic acids is 1. The Morgan fingerprint density at radius 1 is 1.36 bits per heavy atom. The van der Waals surface area contributed by atoms with E-state index in [0.717, 1.165) is 11.7 Å². The minimum atomic E-state index is -1.35. The average Bonchev–Trinajstić information content (AvgIpc) is 2.32. The fourth-order valence-electron chi connectivity index (χ4n) is 0.819. The summed E-state index contributed by atoms with van der Waals surface area (Å²) in [7, 11) is -1.35. The van der Waals surface area contributed by atoms with Gasteiger partial charge in [0.15, 0.2) is 12.0 Å². The number of hydrogen-bond acceptors (Lipinski definition) is 2. The van der Waals surface area contributed by atoms with Gasteiger partial charge in [-0.15, -0.1) is 0 Å². The van der Waals surface area contributed by atoms with Crippen molar-refractivity contribution in [2.45, 2.75) is 19.6 Å². The van der Waals surface area contributed by atoms with Crippen molar-refractivity contribution in [1.82, 2.24) is 0 Å². The first-order valence-electron chi connectivity index (χ1n) is 3.59. The van der Waals surface area contributed by atoms with Crippen molar-refractivity contribution in [2.24, 2.45) is 0 Å². The normalized spacial score (nSPS) is 11.5. The molecular weight excluding hydrogens is 156 g/mol. The van der Waals surface area contributed by atoms with Gasteiger partial charge in [0.05, 0.1) is 5.38 Å². The summed E-state index contributed by atoms with van der Waals surface area (Å²) in [6.45, 7) is 6.54. The van der Waals surface area contributed by atoms with Gasteiger partial charge in [0, 0.05) is 0 Å². The van der Waals surface area contributed by atoms with E-state index in [1.165, 1.54) is 0 Å². The first kappa shape index (κ1) is 8.27. The standard InChI is InChI=1S/C8H12O2Si/c1-11(2,3)8-5-4-7(6-9)10-8/h4-6H,1-3H3. The van der Waals surface area contributed by atoms with Gasteiger partial charge < -0.3 is 4.42 Å². The van der Waals surface area contributed by atoms with Gasteiger partial charge in [0.1, 0.15) is 8.07 Å². The summed E-state index contributed by atoms with van der Waals surface area (Å²) in [5, 5.41) is 0.986. The SMILES string of the molecule is C[Si](C)(C)c1ccc(C=O)o1. The van der Waals surface area contributed by atoms with E-state index in [9.17, 15) is 4.79 Å². The summed E-state index contributed by atoms with van der Waals surface area (Å²) in [6, 6.07) is 3.62. The Balaban J connectivity index is 2.98. The molecule has 0 aliphatic heterocycles. The Kier molecular flexibility index (Phi) is 2.00. The number of rotatable bonds is 2. The number of carbonyl (C=O) groups is 1. The molecule has 11 heavy (non-hydrogen) atoms. The monoisotopic (exact) mass is 168 g/mol. The maximum atomic E-state index is 10.3. The van der Waals surface area contributed by atoms with E-state index in [2.05, 4.69) is 19.6 Å². The lowest BCUT2D eigenvalue weighted by atomic mass is 10.5. The maximum absolute atomic E-state index is 10.3. The summed E-state index contributed by atoms with van der Waals surface area (Å²) in [6.07, 6.45) is 0.740. The molecule has 0 aliphatic rings. The first-order valence-corrected chi connectivity index (χ1v) is 7.09. The molecular formula is C8H12O2Si. The predicted molar refractivity (Wildman–Crippen MR) is 47.1 cm³/mol. The fourth-order valence-corrected chi connectivity index (χ4v) is 1.83. The summed E-state index contributed by atoms with van der Waals surface area (Å²) in [4.78, 5) is 10.3. The summed E-state index contributed by atoms with van der Waals surface area (Å²) in [5.41, 5.74) is 0. The van der Waals surface area contributed by atoms with E-state index < -0.39 is 8.07 Å². The lowest BCUT2D eigenvalue weighted by Crippen LogP contribution is -2.36. The fraction of sp³-hybridized carbons (Fsp3) is 0.375. The highest BCUT2D eigenvalue weighted by molar-refractivity contribution is 6.87. The van der Waals surface area contributed by atoms with E-state index in [4.69, 9.17) is 4.42 Å². The van der Waals surface area contributed by atoms with Crippen LogP contribution >= 0.6 is 0 Å². The molecule has 3 heteroatoms. The van der Waals surface area contributed by atoms with Crippen LogP contribution in [0.5, 0.6) is 0 Å². The third-order valence-electron chi connectivity index (χ3n) is 1.48. The van der Waals surface area contributed by atoms with E-state index in [-0.39, 0.29) is 0 Å². The van der Waals surface area contributed by atoms with Crippen LogP contribution in [-0.4, -0.2) is 14.4 Å². The van der Waals surface area contributed by atoms with E-state index in [1.54, 1.807) is 6.07 Å². The van der Waals surface area contributed by atoms with Crippen molar-refractivity contribution in [3.05, 3.63) is 17.9 Å². The lowest BCUT2D eigenvalue weighted by Gasteiger charge is -2.10. The van der Waals surface area contributed by atoms with Crippen LogP contribution in [0.2, 0.25) is 19.6 Å². The molecule has 1 heterocycles. The molecule has 0 aliphatic carbocycles. The predicted octanol–water partition coefficient (Wildman–Crippen LogP) is 1.64. The van der Waals surface area contributed by atoms with Crippen LogP contribution in [0.1, 0.15) is 10.6 Å². The van der Waals surface area contributed by atoms with Gasteiger partial charge in [0.2, 0.25) is 0 Å². The molecule has 1 aromatic rings. The summed E-state index contributed by atoms with van der Waals surface area (Å²) in [5.74, 6) is 0.433. The molecule has 0 amide bonds. The van der Waals surface area contributed by atoms with Gasteiger partial charge in [-0.25, -0.2) is 0 Å². The van der Waals surface area contributed by atoms with Crippen molar-refractivity contribution >= 4 is 19.7 Å². The maximum Gasteiger partial charge on any atom is 0.185 e. The zero-order valence-corrected chi connectivity index (χ0v) is 8.05. The molecule has 60 valence electrons. The Bertz CT molecular complexity index is 257. The molecule has 0 saturated carbocycles. The third-order valence-corrected chi connectivity index (χ3v) is 3.23. The molecule has 0 radical (unpaired) electrons. The van der Waals surface area contributed by atoms with Crippen LogP contribution in [0.15, 0.2) is 16.5 Å². The lowest BCUT2D eigenvalue weighted by molar-refractivity contribution is 0.110. The highest BCUT2D eigenvalue weighted by Gasteiger charge is 2.20.